The molecule has 3 heterocycles. The first-order chi connectivity index (χ1) is 12.2. The molecule has 0 spiro atoms. The first kappa shape index (κ1) is 16.9. The second-order valence-corrected chi connectivity index (χ2v) is 7.95. The van der Waals surface area contributed by atoms with E-state index in [-0.39, 0.29) is 11.9 Å². The molecular weight excluding hydrogens is 334 g/mol. The van der Waals surface area contributed by atoms with Crippen LogP contribution in [0, 0.1) is 0 Å². The van der Waals surface area contributed by atoms with E-state index in [1.807, 2.05) is 19.2 Å². The topological polar surface area (TPSA) is 46.5 Å². The summed E-state index contributed by atoms with van der Waals surface area (Å²) in [5.41, 5.74) is 1.20. The smallest absolute Gasteiger partial charge is 0.230 e. The van der Waals surface area contributed by atoms with Crippen molar-refractivity contribution in [2.75, 3.05) is 32.1 Å². The van der Waals surface area contributed by atoms with Gasteiger partial charge in [0.05, 0.1) is 31.1 Å². The number of likely N-dealkylation sites (tertiary alicyclic amines) is 1. The third-order valence-electron chi connectivity index (χ3n) is 5.23. The SMILES string of the molecule is Cn1cc(SCC(=O)N[C@@H]2COC[C@H]2N2CCCC2)c2ccccc21. The first-order valence-electron chi connectivity index (χ1n) is 9.00. The summed E-state index contributed by atoms with van der Waals surface area (Å²) in [6, 6.07) is 8.78. The largest absolute Gasteiger partial charge is 0.378 e. The molecule has 2 saturated heterocycles. The fraction of sp³-hybridized carbons (Fsp3) is 0.526. The molecule has 134 valence electrons. The number of nitrogens with one attached hydrogen (secondary N) is 1. The van der Waals surface area contributed by atoms with Gasteiger partial charge in [-0.3, -0.25) is 9.69 Å². The van der Waals surface area contributed by atoms with Gasteiger partial charge in [-0.2, -0.15) is 0 Å². The maximum absolute atomic E-state index is 12.5. The standard InChI is InChI=1S/C19H25N3O2S/c1-21-10-18(14-6-2-3-7-16(14)21)25-13-19(23)20-15-11-24-12-17(15)22-8-4-5-9-22/h2-3,6-7,10,15,17H,4-5,8-9,11-13H2,1H3,(H,20,23)/t15-,17-/m1/s1. The normalized spacial score (nSPS) is 24.2. The fourth-order valence-electron chi connectivity index (χ4n) is 3.93. The van der Waals surface area contributed by atoms with Crippen LogP contribution < -0.4 is 5.32 Å². The van der Waals surface area contributed by atoms with Crippen molar-refractivity contribution in [3.05, 3.63) is 30.5 Å². The van der Waals surface area contributed by atoms with E-state index in [0.717, 1.165) is 24.6 Å². The highest BCUT2D eigenvalue weighted by Crippen LogP contribution is 2.29. The van der Waals surface area contributed by atoms with E-state index in [2.05, 4.69) is 33.1 Å². The van der Waals surface area contributed by atoms with Crippen LogP contribution in [0.2, 0.25) is 0 Å². The monoisotopic (exact) mass is 359 g/mol. The summed E-state index contributed by atoms with van der Waals surface area (Å²) in [6.07, 6.45) is 4.62. The van der Waals surface area contributed by atoms with Gasteiger partial charge in [0.15, 0.2) is 0 Å². The lowest BCUT2D eigenvalue weighted by atomic mass is 10.1. The van der Waals surface area contributed by atoms with Crippen molar-refractivity contribution in [1.29, 1.82) is 0 Å². The number of fused-ring (bicyclic) bond motifs is 1. The summed E-state index contributed by atoms with van der Waals surface area (Å²) >= 11 is 1.61. The summed E-state index contributed by atoms with van der Waals surface area (Å²) in [4.78, 5) is 16.1. The number of carbonyl (C=O) groups is 1. The number of aryl methyl sites for hydroxylation is 1. The average molecular weight is 359 g/mol. The van der Waals surface area contributed by atoms with Crippen molar-refractivity contribution in [3.63, 3.8) is 0 Å². The lowest BCUT2D eigenvalue weighted by molar-refractivity contribution is -0.119. The van der Waals surface area contributed by atoms with Crippen LogP contribution in [0.1, 0.15) is 12.8 Å². The molecule has 4 rings (SSSR count). The minimum atomic E-state index is 0.0950. The molecule has 25 heavy (non-hydrogen) atoms. The van der Waals surface area contributed by atoms with Crippen LogP contribution in [-0.4, -0.2) is 59.5 Å². The van der Waals surface area contributed by atoms with E-state index in [9.17, 15) is 4.79 Å². The zero-order valence-corrected chi connectivity index (χ0v) is 15.4. The average Bonchev–Trinajstić information content (AvgIpc) is 3.34. The molecule has 1 aromatic heterocycles. The molecule has 0 bridgehead atoms. The van der Waals surface area contributed by atoms with Gasteiger partial charge in [0.2, 0.25) is 5.91 Å². The molecule has 1 amide bonds. The van der Waals surface area contributed by atoms with Gasteiger partial charge in [-0.15, -0.1) is 11.8 Å². The van der Waals surface area contributed by atoms with Crippen molar-refractivity contribution >= 4 is 28.6 Å². The van der Waals surface area contributed by atoms with Gasteiger partial charge in [-0.1, -0.05) is 18.2 Å². The Kier molecular flexibility index (Phi) is 5.01. The lowest BCUT2D eigenvalue weighted by Gasteiger charge is -2.27. The van der Waals surface area contributed by atoms with Gasteiger partial charge < -0.3 is 14.6 Å². The number of hydrogen-bond acceptors (Lipinski definition) is 4. The van der Waals surface area contributed by atoms with E-state index >= 15 is 0 Å². The Balaban J connectivity index is 1.35. The van der Waals surface area contributed by atoms with E-state index in [4.69, 9.17) is 4.74 Å². The Morgan fingerprint density at radius 3 is 2.92 bits per heavy atom. The third-order valence-corrected chi connectivity index (χ3v) is 6.27. The zero-order chi connectivity index (χ0) is 17.2. The second kappa shape index (κ2) is 7.40. The van der Waals surface area contributed by atoms with Crippen LogP contribution in [0.5, 0.6) is 0 Å². The second-order valence-electron chi connectivity index (χ2n) is 6.93. The molecular formula is C19H25N3O2S. The molecule has 1 aromatic carbocycles. The van der Waals surface area contributed by atoms with Gasteiger partial charge in [-0.25, -0.2) is 0 Å². The highest BCUT2D eigenvalue weighted by molar-refractivity contribution is 8.00. The van der Waals surface area contributed by atoms with Gasteiger partial charge in [-0.05, 0) is 32.0 Å². The van der Waals surface area contributed by atoms with E-state index in [0.29, 0.717) is 18.4 Å². The number of para-hydroxylation sites is 1. The molecule has 0 unspecified atom stereocenters. The zero-order valence-electron chi connectivity index (χ0n) is 14.6. The number of rotatable bonds is 5. The number of aromatic nitrogens is 1. The minimum Gasteiger partial charge on any atom is -0.378 e. The first-order valence-corrected chi connectivity index (χ1v) is 9.99. The molecule has 2 aromatic rings. The highest BCUT2D eigenvalue weighted by atomic mass is 32.2. The third kappa shape index (κ3) is 3.57. The van der Waals surface area contributed by atoms with Gasteiger partial charge >= 0.3 is 0 Å². The van der Waals surface area contributed by atoms with Crippen molar-refractivity contribution < 1.29 is 9.53 Å². The highest BCUT2D eigenvalue weighted by Gasteiger charge is 2.35. The molecule has 2 atom stereocenters. The van der Waals surface area contributed by atoms with E-state index in [1.165, 1.54) is 23.7 Å². The van der Waals surface area contributed by atoms with Crippen molar-refractivity contribution in [2.24, 2.45) is 7.05 Å². The quantitative estimate of drug-likeness (QED) is 0.832. The summed E-state index contributed by atoms with van der Waals surface area (Å²) in [5, 5.41) is 4.41. The fourth-order valence-corrected chi connectivity index (χ4v) is 4.86. The molecule has 5 nitrogen and oxygen atoms in total. The Labute approximate surface area is 152 Å². The van der Waals surface area contributed by atoms with Crippen LogP contribution >= 0.6 is 11.8 Å². The van der Waals surface area contributed by atoms with Crippen LogP contribution in [0.15, 0.2) is 35.4 Å². The predicted molar refractivity (Wildman–Crippen MR) is 101 cm³/mol. The number of amides is 1. The van der Waals surface area contributed by atoms with Gasteiger partial charge in [0, 0.05) is 29.0 Å². The number of nitrogens with zero attached hydrogens (tertiary/aromatic N) is 2. The molecule has 0 saturated carbocycles. The van der Waals surface area contributed by atoms with E-state index < -0.39 is 0 Å². The van der Waals surface area contributed by atoms with Gasteiger partial charge in [0.1, 0.15) is 0 Å². The summed E-state index contributed by atoms with van der Waals surface area (Å²) < 4.78 is 7.76. The maximum Gasteiger partial charge on any atom is 0.230 e. The van der Waals surface area contributed by atoms with Crippen molar-refractivity contribution in [1.82, 2.24) is 14.8 Å². The molecule has 0 aliphatic carbocycles. The molecule has 2 aliphatic heterocycles. The number of carbonyl (C=O) groups excluding carboxylic acids is 1. The number of hydrogen-bond donors (Lipinski definition) is 1. The molecule has 1 N–H and O–H groups in total. The van der Waals surface area contributed by atoms with Crippen LogP contribution in [0.25, 0.3) is 10.9 Å². The van der Waals surface area contributed by atoms with Crippen molar-refractivity contribution in [3.8, 4) is 0 Å². The van der Waals surface area contributed by atoms with Crippen LogP contribution in [0.4, 0.5) is 0 Å². The van der Waals surface area contributed by atoms with Gasteiger partial charge in [0.25, 0.3) is 0 Å². The van der Waals surface area contributed by atoms with E-state index in [1.54, 1.807) is 11.8 Å². The Hall–Kier alpha value is -1.50. The van der Waals surface area contributed by atoms with Crippen molar-refractivity contribution in [2.45, 2.75) is 29.8 Å². The summed E-state index contributed by atoms with van der Waals surface area (Å²) in [6.45, 7) is 3.63. The molecule has 6 heteroatoms. The number of ether oxygens (including phenoxy) is 1. The lowest BCUT2D eigenvalue weighted by Crippen LogP contribution is -2.50. The molecule has 0 radical (unpaired) electrons. The number of thioether (sulfide) groups is 1. The predicted octanol–water partition coefficient (Wildman–Crippen LogP) is 2.25. The Bertz CT molecular complexity index is 754. The maximum atomic E-state index is 12.5. The van der Waals surface area contributed by atoms with Crippen LogP contribution in [0.3, 0.4) is 0 Å². The molecule has 2 aliphatic rings. The summed E-state index contributed by atoms with van der Waals surface area (Å²) in [7, 11) is 2.04. The molecule has 2 fully saturated rings. The Morgan fingerprint density at radius 2 is 2.08 bits per heavy atom. The minimum absolute atomic E-state index is 0.0950. The summed E-state index contributed by atoms with van der Waals surface area (Å²) in [5.74, 6) is 0.537. The van der Waals surface area contributed by atoms with Crippen LogP contribution in [-0.2, 0) is 16.6 Å². The number of benzene rings is 1. The Morgan fingerprint density at radius 1 is 1.28 bits per heavy atom.